The Bertz CT molecular complexity index is 292. The molecule has 2 fully saturated rings. The molecule has 0 aromatic carbocycles. The van der Waals surface area contributed by atoms with Crippen molar-refractivity contribution in [3.8, 4) is 0 Å². The number of hydrogen-bond donors (Lipinski definition) is 1. The van der Waals surface area contributed by atoms with Gasteiger partial charge in [-0.25, -0.2) is 0 Å². The molecule has 0 spiro atoms. The van der Waals surface area contributed by atoms with Crippen LogP contribution in [0.1, 0.15) is 6.42 Å². The number of amides is 1. The van der Waals surface area contributed by atoms with Crippen LogP contribution in [0, 0.1) is 17.8 Å². The molecule has 0 aromatic heterocycles. The largest absolute Gasteiger partial charge is 0.352 e. The Morgan fingerprint density at radius 2 is 2.00 bits per heavy atom. The molecule has 4 unspecified atom stereocenters. The average Bonchev–Trinajstić information content (AvgIpc) is 2.21. The van der Waals surface area contributed by atoms with Gasteiger partial charge in [0.2, 0.25) is 5.91 Å². The van der Waals surface area contributed by atoms with Crippen molar-refractivity contribution in [3.63, 3.8) is 0 Å². The van der Waals surface area contributed by atoms with Gasteiger partial charge in [0.05, 0.1) is 5.92 Å². The van der Waals surface area contributed by atoms with Crippen LogP contribution in [-0.2, 0) is 4.79 Å². The van der Waals surface area contributed by atoms with Crippen molar-refractivity contribution < 1.29 is 4.79 Å². The lowest BCUT2D eigenvalue weighted by Crippen LogP contribution is -2.58. The lowest BCUT2D eigenvalue weighted by molar-refractivity contribution is -0.135. The van der Waals surface area contributed by atoms with Gasteiger partial charge in [0.25, 0.3) is 0 Å². The van der Waals surface area contributed by atoms with Crippen molar-refractivity contribution in [2.45, 2.75) is 12.5 Å². The summed E-state index contributed by atoms with van der Waals surface area (Å²) in [5.74, 6) is 1.64. The van der Waals surface area contributed by atoms with Crippen LogP contribution in [0.25, 0.3) is 0 Å². The average molecular weight is 161 g/mol. The number of nitrogens with one attached hydrogen (secondary N) is 1. The van der Waals surface area contributed by atoms with Crippen molar-refractivity contribution in [1.82, 2.24) is 5.32 Å². The second-order valence-corrected chi connectivity index (χ2v) is 3.89. The van der Waals surface area contributed by atoms with E-state index in [1.807, 2.05) is 0 Å². The van der Waals surface area contributed by atoms with Crippen molar-refractivity contribution in [1.29, 1.82) is 0 Å². The highest BCUT2D eigenvalue weighted by atomic mass is 16.2. The van der Waals surface area contributed by atoms with Crippen LogP contribution in [0.3, 0.4) is 0 Å². The summed E-state index contributed by atoms with van der Waals surface area (Å²) in [7, 11) is 0. The van der Waals surface area contributed by atoms with Gasteiger partial charge in [-0.15, -0.1) is 0 Å². The maximum Gasteiger partial charge on any atom is 0.226 e. The minimum atomic E-state index is 0.257. The van der Waals surface area contributed by atoms with Crippen molar-refractivity contribution in [2.24, 2.45) is 17.8 Å². The van der Waals surface area contributed by atoms with Gasteiger partial charge in [-0.05, 0) is 18.3 Å². The number of β-lactam (4-membered cyclic amide) rings is 1. The Kier molecular flexibility index (Phi) is 1.08. The van der Waals surface area contributed by atoms with Crippen LogP contribution in [0.2, 0.25) is 0 Å². The van der Waals surface area contributed by atoms with Gasteiger partial charge >= 0.3 is 0 Å². The molecule has 62 valence electrons. The van der Waals surface area contributed by atoms with Gasteiger partial charge in [-0.3, -0.25) is 4.79 Å². The molecule has 1 saturated heterocycles. The van der Waals surface area contributed by atoms with E-state index < -0.39 is 0 Å². The Morgan fingerprint density at radius 3 is 2.75 bits per heavy atom. The van der Waals surface area contributed by atoms with E-state index >= 15 is 0 Å². The fourth-order valence-electron chi connectivity index (χ4n) is 2.67. The molecule has 1 saturated carbocycles. The zero-order valence-corrected chi connectivity index (χ0v) is 6.73. The second-order valence-electron chi connectivity index (χ2n) is 3.89. The molecule has 3 rings (SSSR count). The molecule has 1 N–H and O–H groups in total. The van der Waals surface area contributed by atoms with E-state index in [9.17, 15) is 4.79 Å². The Morgan fingerprint density at radius 1 is 1.25 bits per heavy atom. The third-order valence-electron chi connectivity index (χ3n) is 3.29. The number of fused-ring (bicyclic) bond motifs is 5. The van der Waals surface area contributed by atoms with Gasteiger partial charge in [0, 0.05) is 6.04 Å². The predicted octanol–water partition coefficient (Wildman–Crippen LogP) is 0.863. The van der Waals surface area contributed by atoms with Crippen LogP contribution >= 0.6 is 0 Å². The van der Waals surface area contributed by atoms with Gasteiger partial charge < -0.3 is 5.32 Å². The highest BCUT2D eigenvalue weighted by molar-refractivity contribution is 5.87. The highest BCUT2D eigenvalue weighted by Gasteiger charge is 2.52. The first-order valence-corrected chi connectivity index (χ1v) is 4.51. The molecule has 4 atom stereocenters. The van der Waals surface area contributed by atoms with Crippen LogP contribution in [0.5, 0.6) is 0 Å². The lowest BCUT2D eigenvalue weighted by atomic mass is 9.84. The quantitative estimate of drug-likeness (QED) is 0.525. The second kappa shape index (κ2) is 2.00. The van der Waals surface area contributed by atoms with Gasteiger partial charge in [-0.1, -0.05) is 24.3 Å². The molecule has 12 heavy (non-hydrogen) atoms. The van der Waals surface area contributed by atoms with Crippen molar-refractivity contribution in [3.05, 3.63) is 24.3 Å². The minimum absolute atomic E-state index is 0.257. The molecular formula is C10H11NO. The lowest BCUT2D eigenvalue weighted by Gasteiger charge is -2.35. The van der Waals surface area contributed by atoms with E-state index in [1.54, 1.807) is 0 Å². The van der Waals surface area contributed by atoms with Crippen LogP contribution in [0.15, 0.2) is 24.3 Å². The Hall–Kier alpha value is -1.05. The first kappa shape index (κ1) is 6.46. The number of carbonyl (C=O) groups is 1. The summed E-state index contributed by atoms with van der Waals surface area (Å²) in [6, 6.07) is 0.448. The maximum atomic E-state index is 11.2. The summed E-state index contributed by atoms with van der Waals surface area (Å²) < 4.78 is 0. The van der Waals surface area contributed by atoms with Crippen LogP contribution in [-0.4, -0.2) is 11.9 Å². The summed E-state index contributed by atoms with van der Waals surface area (Å²) in [6.07, 6.45) is 9.74. The zero-order chi connectivity index (χ0) is 8.13. The fourth-order valence-corrected chi connectivity index (χ4v) is 2.67. The summed E-state index contributed by atoms with van der Waals surface area (Å²) in [6.45, 7) is 0. The Balaban J connectivity index is 1.98. The number of hydrogen-bond acceptors (Lipinski definition) is 1. The standard InChI is InChI=1S/C10H11NO/c12-10-8-6-3-1-2-4-7(5-6)9(8)11-10/h1-4,6-9H,5H2,(H,11,12). The maximum absolute atomic E-state index is 11.2. The predicted molar refractivity (Wildman–Crippen MR) is 45.3 cm³/mol. The van der Waals surface area contributed by atoms with Crippen molar-refractivity contribution in [2.75, 3.05) is 0 Å². The first-order valence-electron chi connectivity index (χ1n) is 4.51. The minimum Gasteiger partial charge on any atom is -0.352 e. The van der Waals surface area contributed by atoms with E-state index in [0.717, 1.165) is 6.42 Å². The molecule has 2 aliphatic carbocycles. The van der Waals surface area contributed by atoms with E-state index in [-0.39, 0.29) is 11.8 Å². The molecule has 3 aliphatic rings. The molecule has 0 aromatic rings. The SMILES string of the molecule is O=C1NC2C3C=CC=CC(C3)C12. The van der Waals surface area contributed by atoms with E-state index in [1.165, 1.54) is 0 Å². The van der Waals surface area contributed by atoms with E-state index in [4.69, 9.17) is 0 Å². The fraction of sp³-hybridized carbons (Fsp3) is 0.500. The topological polar surface area (TPSA) is 29.1 Å². The molecule has 1 aliphatic heterocycles. The third-order valence-corrected chi connectivity index (χ3v) is 3.29. The van der Waals surface area contributed by atoms with Crippen molar-refractivity contribution >= 4 is 5.91 Å². The van der Waals surface area contributed by atoms with Crippen LogP contribution < -0.4 is 5.32 Å². The summed E-state index contributed by atoms with van der Waals surface area (Å²) in [4.78, 5) is 11.2. The van der Waals surface area contributed by atoms with E-state index in [0.29, 0.717) is 17.9 Å². The highest BCUT2D eigenvalue weighted by Crippen LogP contribution is 2.44. The summed E-state index contributed by atoms with van der Waals surface area (Å²) in [5.41, 5.74) is 0. The van der Waals surface area contributed by atoms with E-state index in [2.05, 4.69) is 29.6 Å². The number of rotatable bonds is 0. The summed E-state index contributed by atoms with van der Waals surface area (Å²) in [5, 5.41) is 2.98. The van der Waals surface area contributed by atoms with Crippen LogP contribution in [0.4, 0.5) is 0 Å². The smallest absolute Gasteiger partial charge is 0.226 e. The van der Waals surface area contributed by atoms with Gasteiger partial charge in [0.1, 0.15) is 0 Å². The molecule has 2 nitrogen and oxygen atoms in total. The molecule has 1 amide bonds. The molecule has 2 bridgehead atoms. The monoisotopic (exact) mass is 161 g/mol. The molecular weight excluding hydrogens is 150 g/mol. The normalized spacial score (nSPS) is 47.8. The number of allylic oxidation sites excluding steroid dienone is 3. The summed E-state index contributed by atoms with van der Waals surface area (Å²) >= 11 is 0. The molecule has 1 heterocycles. The zero-order valence-electron chi connectivity index (χ0n) is 6.73. The van der Waals surface area contributed by atoms with Gasteiger partial charge in [-0.2, -0.15) is 0 Å². The Labute approximate surface area is 71.3 Å². The van der Waals surface area contributed by atoms with Gasteiger partial charge in [0.15, 0.2) is 0 Å². The first-order chi connectivity index (χ1) is 5.86. The molecule has 0 radical (unpaired) electrons. The molecule has 2 heteroatoms. The number of carbonyl (C=O) groups excluding carboxylic acids is 1. The third kappa shape index (κ3) is 0.631.